The molecule has 3 rings (SSSR count). The van der Waals surface area contributed by atoms with Crippen LogP contribution in [0.5, 0.6) is 0 Å². The third kappa shape index (κ3) is 4.20. The lowest BCUT2D eigenvalue weighted by atomic mass is 10.1. The van der Waals surface area contributed by atoms with Crippen LogP contribution in [0.25, 0.3) is 0 Å². The number of hydrogen-bond acceptors (Lipinski definition) is 4. The highest BCUT2D eigenvalue weighted by atomic mass is 35.5. The Morgan fingerprint density at radius 3 is 3.13 bits per heavy atom. The lowest BCUT2D eigenvalue weighted by Gasteiger charge is -2.15. The number of halogens is 2. The van der Waals surface area contributed by atoms with Crippen molar-refractivity contribution >= 4 is 34.0 Å². The zero-order valence-electron chi connectivity index (χ0n) is 12.5. The molecule has 1 aromatic carbocycles. The van der Waals surface area contributed by atoms with Gasteiger partial charge in [0.05, 0.1) is 5.02 Å². The van der Waals surface area contributed by atoms with Crippen LogP contribution in [0, 0.1) is 5.82 Å². The second-order valence-corrected chi connectivity index (χ2v) is 6.84. The molecular formula is C16H17ClFN3OS. The number of rotatable bonds is 5. The normalized spacial score (nSPS) is 17.5. The van der Waals surface area contributed by atoms with E-state index >= 15 is 0 Å². The van der Waals surface area contributed by atoms with E-state index in [1.165, 1.54) is 12.1 Å². The highest BCUT2D eigenvalue weighted by Gasteiger charge is 2.25. The predicted molar refractivity (Wildman–Crippen MR) is 90.6 cm³/mol. The molecule has 0 aliphatic carbocycles. The van der Waals surface area contributed by atoms with Crippen LogP contribution in [0.15, 0.2) is 29.8 Å². The fourth-order valence-electron chi connectivity index (χ4n) is 2.68. The van der Waals surface area contributed by atoms with Crippen LogP contribution in [0.1, 0.15) is 18.4 Å². The second-order valence-electron chi connectivity index (χ2n) is 5.56. The molecule has 1 saturated heterocycles. The third-order valence-corrected chi connectivity index (χ3v) is 5.01. The molecule has 0 radical (unpaired) electrons. The molecule has 1 aliphatic heterocycles. The number of anilines is 1. The van der Waals surface area contributed by atoms with Gasteiger partial charge in [0.25, 0.3) is 0 Å². The maximum absolute atomic E-state index is 13.4. The lowest BCUT2D eigenvalue weighted by Crippen LogP contribution is -2.37. The molecule has 1 N–H and O–H groups in total. The summed E-state index contributed by atoms with van der Waals surface area (Å²) in [6.45, 7) is 1.69. The molecular weight excluding hydrogens is 337 g/mol. The van der Waals surface area contributed by atoms with E-state index in [-0.39, 0.29) is 17.0 Å². The molecule has 0 bridgehead atoms. The van der Waals surface area contributed by atoms with Crippen LogP contribution in [-0.2, 0) is 11.2 Å². The Kier molecular flexibility index (Phi) is 5.13. The Balaban J connectivity index is 1.45. The van der Waals surface area contributed by atoms with Crippen LogP contribution in [0.4, 0.5) is 9.52 Å². The van der Waals surface area contributed by atoms with Crippen LogP contribution < -0.4 is 10.2 Å². The second kappa shape index (κ2) is 7.27. The first-order valence-corrected chi connectivity index (χ1v) is 8.75. The molecule has 1 unspecified atom stereocenters. The highest BCUT2D eigenvalue weighted by Crippen LogP contribution is 2.22. The number of hydrogen-bond donors (Lipinski definition) is 1. The summed E-state index contributed by atoms with van der Waals surface area (Å²) in [4.78, 5) is 18.5. The summed E-state index contributed by atoms with van der Waals surface area (Å²) in [5.41, 5.74) is 0.776. The number of thiazole rings is 1. The smallest absolute Gasteiger partial charge is 0.220 e. The van der Waals surface area contributed by atoms with Gasteiger partial charge in [0, 0.05) is 37.1 Å². The van der Waals surface area contributed by atoms with Crippen molar-refractivity contribution < 1.29 is 9.18 Å². The van der Waals surface area contributed by atoms with Gasteiger partial charge < -0.3 is 10.2 Å². The van der Waals surface area contributed by atoms with E-state index in [1.54, 1.807) is 23.6 Å². The standard InChI is InChI=1S/C16H17ClFN3OS/c17-13-3-1-11(9-14(13)18)2-4-15(22)20-12-5-7-21(10-12)16-19-6-8-23-16/h1,3,6,8-9,12H,2,4-5,7,10H2,(H,20,22). The number of aryl methyl sites for hydroxylation is 1. The Hall–Kier alpha value is -1.66. The Morgan fingerprint density at radius 2 is 2.39 bits per heavy atom. The van der Waals surface area contributed by atoms with Gasteiger partial charge in [-0.15, -0.1) is 11.3 Å². The summed E-state index contributed by atoms with van der Waals surface area (Å²) in [7, 11) is 0. The fraction of sp³-hybridized carbons (Fsp3) is 0.375. The molecule has 23 heavy (non-hydrogen) atoms. The highest BCUT2D eigenvalue weighted by molar-refractivity contribution is 7.13. The molecule has 0 spiro atoms. The molecule has 1 amide bonds. The number of amides is 1. The van der Waals surface area contributed by atoms with E-state index < -0.39 is 5.82 Å². The van der Waals surface area contributed by atoms with E-state index in [9.17, 15) is 9.18 Å². The summed E-state index contributed by atoms with van der Waals surface area (Å²) >= 11 is 7.26. The van der Waals surface area contributed by atoms with Gasteiger partial charge in [0.1, 0.15) is 5.82 Å². The summed E-state index contributed by atoms with van der Waals surface area (Å²) < 4.78 is 13.4. The number of aromatic nitrogens is 1. The van der Waals surface area contributed by atoms with Crippen molar-refractivity contribution in [3.63, 3.8) is 0 Å². The number of carbonyl (C=O) groups excluding carboxylic acids is 1. The summed E-state index contributed by atoms with van der Waals surface area (Å²) in [6.07, 6.45) is 3.55. The first kappa shape index (κ1) is 16.2. The minimum atomic E-state index is -0.445. The SMILES string of the molecule is O=C(CCc1ccc(Cl)c(F)c1)NC1CCN(c2nccs2)C1. The number of nitrogens with one attached hydrogen (secondary N) is 1. The molecule has 1 aromatic heterocycles. The van der Waals surface area contributed by atoms with Crippen molar-refractivity contribution in [1.82, 2.24) is 10.3 Å². The first-order chi connectivity index (χ1) is 11.1. The third-order valence-electron chi connectivity index (χ3n) is 3.87. The van der Waals surface area contributed by atoms with Crippen LogP contribution in [-0.4, -0.2) is 30.0 Å². The van der Waals surface area contributed by atoms with E-state index in [4.69, 9.17) is 11.6 Å². The van der Waals surface area contributed by atoms with Crippen LogP contribution in [0.3, 0.4) is 0 Å². The molecule has 7 heteroatoms. The molecule has 122 valence electrons. The van der Waals surface area contributed by atoms with Gasteiger partial charge in [0.2, 0.25) is 5.91 Å². The van der Waals surface area contributed by atoms with Gasteiger partial charge in [-0.2, -0.15) is 0 Å². The number of carbonyl (C=O) groups is 1. The van der Waals surface area contributed by atoms with E-state index in [1.807, 2.05) is 5.38 Å². The van der Waals surface area contributed by atoms with Crippen LogP contribution >= 0.6 is 22.9 Å². The summed E-state index contributed by atoms with van der Waals surface area (Å²) in [5.74, 6) is -0.453. The van der Waals surface area contributed by atoms with Crippen molar-refractivity contribution in [2.24, 2.45) is 0 Å². The van der Waals surface area contributed by atoms with Crippen molar-refractivity contribution in [3.8, 4) is 0 Å². The molecule has 0 saturated carbocycles. The summed E-state index contributed by atoms with van der Waals surface area (Å²) in [6, 6.07) is 4.80. The molecule has 2 aromatic rings. The minimum Gasteiger partial charge on any atom is -0.352 e. The Morgan fingerprint density at radius 1 is 1.52 bits per heavy atom. The van der Waals surface area contributed by atoms with Gasteiger partial charge in [0.15, 0.2) is 5.13 Å². The molecule has 2 heterocycles. The largest absolute Gasteiger partial charge is 0.352 e. The number of benzene rings is 1. The minimum absolute atomic E-state index is 0.00801. The van der Waals surface area contributed by atoms with E-state index in [0.717, 1.165) is 30.2 Å². The van der Waals surface area contributed by atoms with Gasteiger partial charge >= 0.3 is 0 Å². The lowest BCUT2D eigenvalue weighted by molar-refractivity contribution is -0.121. The molecule has 1 aliphatic rings. The van der Waals surface area contributed by atoms with E-state index in [0.29, 0.717) is 12.8 Å². The van der Waals surface area contributed by atoms with Crippen LogP contribution in [0.2, 0.25) is 5.02 Å². The zero-order valence-corrected chi connectivity index (χ0v) is 14.0. The Labute approximate surface area is 143 Å². The maximum Gasteiger partial charge on any atom is 0.220 e. The van der Waals surface area contributed by atoms with Gasteiger partial charge in [-0.3, -0.25) is 4.79 Å². The van der Waals surface area contributed by atoms with E-state index in [2.05, 4.69) is 15.2 Å². The predicted octanol–water partition coefficient (Wildman–Crippen LogP) is 3.26. The van der Waals surface area contributed by atoms with Crippen molar-refractivity contribution in [1.29, 1.82) is 0 Å². The monoisotopic (exact) mass is 353 g/mol. The molecule has 1 atom stereocenters. The molecule has 4 nitrogen and oxygen atoms in total. The zero-order chi connectivity index (χ0) is 16.2. The van der Waals surface area contributed by atoms with Gasteiger partial charge in [-0.05, 0) is 30.5 Å². The first-order valence-electron chi connectivity index (χ1n) is 7.49. The van der Waals surface area contributed by atoms with Crippen molar-refractivity contribution in [3.05, 3.63) is 46.2 Å². The molecule has 1 fully saturated rings. The van der Waals surface area contributed by atoms with Gasteiger partial charge in [-0.25, -0.2) is 9.37 Å². The van der Waals surface area contributed by atoms with Crippen molar-refractivity contribution in [2.45, 2.75) is 25.3 Å². The average Bonchev–Trinajstić information content (AvgIpc) is 3.19. The maximum atomic E-state index is 13.4. The summed E-state index contributed by atoms with van der Waals surface area (Å²) in [5, 5.41) is 6.10. The average molecular weight is 354 g/mol. The van der Waals surface area contributed by atoms with Gasteiger partial charge in [-0.1, -0.05) is 17.7 Å². The van der Waals surface area contributed by atoms with Crippen molar-refractivity contribution in [2.75, 3.05) is 18.0 Å². The Bertz CT molecular complexity index is 680. The number of nitrogens with zero attached hydrogens (tertiary/aromatic N) is 2. The topological polar surface area (TPSA) is 45.2 Å². The fourth-order valence-corrected chi connectivity index (χ4v) is 3.47. The quantitative estimate of drug-likeness (QED) is 0.897.